The average molecular weight is 203 g/mol. The molecule has 2 rings (SSSR count). The smallest absolute Gasteiger partial charge is 0.174 e. The number of hydrogen-bond donors (Lipinski definition) is 1. The monoisotopic (exact) mass is 203 g/mol. The second-order valence-corrected chi connectivity index (χ2v) is 3.71. The fraction of sp³-hybridized carbons (Fsp3) is 0.273. The maximum absolute atomic E-state index is 5.75. The number of nitrogen functional groups attached to an aromatic ring is 1. The topological polar surface area (TPSA) is 64.9 Å². The maximum atomic E-state index is 5.75. The molecule has 0 saturated carbocycles. The molecule has 0 spiro atoms. The summed E-state index contributed by atoms with van der Waals surface area (Å²) in [5, 5.41) is 3.79. The summed E-state index contributed by atoms with van der Waals surface area (Å²) in [5.41, 5.74) is 7.61. The van der Waals surface area contributed by atoms with Gasteiger partial charge in [-0.05, 0) is 18.1 Å². The second-order valence-electron chi connectivity index (χ2n) is 3.71. The number of hydrogen-bond acceptors (Lipinski definition) is 4. The lowest BCUT2D eigenvalue weighted by molar-refractivity contribution is 0.434. The summed E-state index contributed by atoms with van der Waals surface area (Å²) >= 11 is 0. The van der Waals surface area contributed by atoms with E-state index in [1.807, 2.05) is 12.1 Å². The molecule has 0 aliphatic heterocycles. The first-order valence-electron chi connectivity index (χ1n) is 4.85. The quantitative estimate of drug-likeness (QED) is 0.814. The van der Waals surface area contributed by atoms with Crippen LogP contribution in [0.25, 0.3) is 11.3 Å². The summed E-state index contributed by atoms with van der Waals surface area (Å²) in [6, 6.07) is 3.79. The summed E-state index contributed by atoms with van der Waals surface area (Å²) in [5.74, 6) is 1.46. The van der Waals surface area contributed by atoms with Gasteiger partial charge in [0.2, 0.25) is 0 Å². The highest BCUT2D eigenvalue weighted by atomic mass is 16.5. The molecule has 2 aromatic rings. The van der Waals surface area contributed by atoms with Crippen molar-refractivity contribution in [1.82, 2.24) is 10.1 Å². The van der Waals surface area contributed by atoms with Crippen molar-refractivity contribution < 1.29 is 4.52 Å². The SMILES string of the molecule is CC(C)c1c(N)noc1-c1cccnc1. The maximum Gasteiger partial charge on any atom is 0.174 e. The van der Waals surface area contributed by atoms with E-state index in [4.69, 9.17) is 10.3 Å². The fourth-order valence-electron chi connectivity index (χ4n) is 1.57. The molecule has 0 aliphatic rings. The first-order valence-corrected chi connectivity index (χ1v) is 4.85. The molecule has 0 radical (unpaired) electrons. The lowest BCUT2D eigenvalue weighted by atomic mass is 10.0. The van der Waals surface area contributed by atoms with Crippen LogP contribution < -0.4 is 5.73 Å². The van der Waals surface area contributed by atoms with Crippen molar-refractivity contribution in [2.45, 2.75) is 19.8 Å². The number of nitrogens with zero attached hydrogens (tertiary/aromatic N) is 2. The van der Waals surface area contributed by atoms with Crippen molar-refractivity contribution in [3.8, 4) is 11.3 Å². The molecule has 2 heterocycles. The predicted molar refractivity (Wildman–Crippen MR) is 58.2 cm³/mol. The predicted octanol–water partition coefficient (Wildman–Crippen LogP) is 2.44. The molecule has 0 atom stereocenters. The Kier molecular flexibility index (Phi) is 2.41. The zero-order chi connectivity index (χ0) is 10.8. The van der Waals surface area contributed by atoms with Crippen LogP contribution in [0.15, 0.2) is 29.0 Å². The number of aromatic nitrogens is 2. The number of rotatable bonds is 2. The molecule has 0 aromatic carbocycles. The van der Waals surface area contributed by atoms with E-state index >= 15 is 0 Å². The first kappa shape index (κ1) is 9.71. The van der Waals surface area contributed by atoms with Crippen LogP contribution in [0.1, 0.15) is 25.3 Å². The van der Waals surface area contributed by atoms with Gasteiger partial charge in [-0.2, -0.15) is 0 Å². The third-order valence-corrected chi connectivity index (χ3v) is 2.26. The summed E-state index contributed by atoms with van der Waals surface area (Å²) < 4.78 is 5.23. The first-order chi connectivity index (χ1) is 7.20. The van der Waals surface area contributed by atoms with Crippen LogP contribution in [0, 0.1) is 0 Å². The van der Waals surface area contributed by atoms with Crippen LogP contribution in [-0.2, 0) is 0 Å². The Morgan fingerprint density at radius 3 is 2.80 bits per heavy atom. The minimum atomic E-state index is 0.284. The Hall–Kier alpha value is -1.84. The molecule has 78 valence electrons. The van der Waals surface area contributed by atoms with Crippen molar-refractivity contribution in [1.29, 1.82) is 0 Å². The van der Waals surface area contributed by atoms with Crippen LogP contribution >= 0.6 is 0 Å². The van der Waals surface area contributed by atoms with E-state index in [0.29, 0.717) is 5.82 Å². The Bertz CT molecular complexity index is 448. The summed E-state index contributed by atoms with van der Waals surface area (Å²) in [4.78, 5) is 4.04. The van der Waals surface area contributed by atoms with E-state index in [-0.39, 0.29) is 5.92 Å². The van der Waals surface area contributed by atoms with Gasteiger partial charge in [-0.15, -0.1) is 0 Å². The third kappa shape index (κ3) is 1.70. The van der Waals surface area contributed by atoms with Gasteiger partial charge in [0.15, 0.2) is 11.6 Å². The molecule has 15 heavy (non-hydrogen) atoms. The highest BCUT2D eigenvalue weighted by Gasteiger charge is 2.18. The number of pyridine rings is 1. The Balaban J connectivity index is 2.54. The van der Waals surface area contributed by atoms with Crippen LogP contribution in [0.2, 0.25) is 0 Å². The molecule has 2 aromatic heterocycles. The van der Waals surface area contributed by atoms with Gasteiger partial charge in [0.05, 0.1) is 0 Å². The van der Waals surface area contributed by atoms with Gasteiger partial charge in [0.1, 0.15) is 0 Å². The molecule has 0 saturated heterocycles. The van der Waals surface area contributed by atoms with E-state index in [9.17, 15) is 0 Å². The van der Waals surface area contributed by atoms with E-state index in [1.165, 1.54) is 0 Å². The van der Waals surface area contributed by atoms with Crippen molar-refractivity contribution in [2.24, 2.45) is 0 Å². The van der Waals surface area contributed by atoms with Gasteiger partial charge in [-0.1, -0.05) is 19.0 Å². The molecule has 4 heteroatoms. The zero-order valence-corrected chi connectivity index (χ0v) is 8.77. The van der Waals surface area contributed by atoms with Gasteiger partial charge in [-0.25, -0.2) is 0 Å². The molecule has 4 nitrogen and oxygen atoms in total. The van der Waals surface area contributed by atoms with E-state index < -0.39 is 0 Å². The fourth-order valence-corrected chi connectivity index (χ4v) is 1.57. The molecule has 0 unspecified atom stereocenters. The molecule has 0 bridgehead atoms. The lowest BCUT2D eigenvalue weighted by Gasteiger charge is -2.04. The Morgan fingerprint density at radius 2 is 2.20 bits per heavy atom. The Morgan fingerprint density at radius 1 is 1.40 bits per heavy atom. The van der Waals surface area contributed by atoms with E-state index in [2.05, 4.69) is 24.0 Å². The summed E-state index contributed by atoms with van der Waals surface area (Å²) in [6.45, 7) is 4.12. The van der Waals surface area contributed by atoms with Crippen molar-refractivity contribution in [3.63, 3.8) is 0 Å². The van der Waals surface area contributed by atoms with Crippen LogP contribution in [0.5, 0.6) is 0 Å². The normalized spacial score (nSPS) is 10.9. The highest BCUT2D eigenvalue weighted by Crippen LogP contribution is 2.32. The van der Waals surface area contributed by atoms with Crippen LogP contribution in [-0.4, -0.2) is 10.1 Å². The molecular weight excluding hydrogens is 190 g/mol. The van der Waals surface area contributed by atoms with E-state index in [0.717, 1.165) is 16.9 Å². The molecule has 2 N–H and O–H groups in total. The van der Waals surface area contributed by atoms with Gasteiger partial charge in [0, 0.05) is 23.5 Å². The molecule has 0 amide bonds. The summed E-state index contributed by atoms with van der Waals surface area (Å²) in [7, 11) is 0. The molecular formula is C11H13N3O. The molecule has 0 aliphatic carbocycles. The third-order valence-electron chi connectivity index (χ3n) is 2.26. The summed E-state index contributed by atoms with van der Waals surface area (Å²) in [6.07, 6.45) is 3.46. The standard InChI is InChI=1S/C11H13N3O/c1-7(2)9-10(15-14-11(9)12)8-4-3-5-13-6-8/h3-7H,1-2H3,(H2,12,14). The Labute approximate surface area is 88.1 Å². The highest BCUT2D eigenvalue weighted by molar-refractivity contribution is 5.66. The van der Waals surface area contributed by atoms with Gasteiger partial charge in [0.25, 0.3) is 0 Å². The molecule has 0 fully saturated rings. The van der Waals surface area contributed by atoms with Crippen LogP contribution in [0.4, 0.5) is 5.82 Å². The minimum absolute atomic E-state index is 0.284. The van der Waals surface area contributed by atoms with Crippen molar-refractivity contribution in [3.05, 3.63) is 30.1 Å². The largest absolute Gasteiger partial charge is 0.381 e. The lowest BCUT2D eigenvalue weighted by Crippen LogP contribution is -1.95. The van der Waals surface area contributed by atoms with E-state index in [1.54, 1.807) is 12.4 Å². The van der Waals surface area contributed by atoms with Crippen molar-refractivity contribution in [2.75, 3.05) is 5.73 Å². The van der Waals surface area contributed by atoms with Gasteiger partial charge in [-0.3, -0.25) is 4.98 Å². The number of anilines is 1. The van der Waals surface area contributed by atoms with Gasteiger partial charge >= 0.3 is 0 Å². The number of nitrogens with two attached hydrogens (primary N) is 1. The van der Waals surface area contributed by atoms with Crippen LogP contribution in [0.3, 0.4) is 0 Å². The second kappa shape index (κ2) is 3.73. The minimum Gasteiger partial charge on any atom is -0.381 e. The average Bonchev–Trinajstić information content (AvgIpc) is 2.61. The zero-order valence-electron chi connectivity index (χ0n) is 8.77. The van der Waals surface area contributed by atoms with Crippen molar-refractivity contribution >= 4 is 5.82 Å². The van der Waals surface area contributed by atoms with Gasteiger partial charge < -0.3 is 10.3 Å².